The zero-order valence-corrected chi connectivity index (χ0v) is 15.8. The SMILES string of the molecule is O=C1NC[C@@H](C(=O)N[C@H](COc2ccc(F)c(Cl)c2)c2ccc(F)c(Cl)c2)N1. The summed E-state index contributed by atoms with van der Waals surface area (Å²) in [5.41, 5.74) is 0.491. The summed E-state index contributed by atoms with van der Waals surface area (Å²) in [6.07, 6.45) is 0. The third-order valence-corrected chi connectivity index (χ3v) is 4.64. The Morgan fingerprint density at radius 2 is 1.86 bits per heavy atom. The Bertz CT molecular complexity index is 914. The lowest BCUT2D eigenvalue weighted by Crippen LogP contribution is -2.45. The summed E-state index contributed by atoms with van der Waals surface area (Å²) in [4.78, 5) is 23.7. The van der Waals surface area contributed by atoms with E-state index in [0.29, 0.717) is 5.56 Å². The van der Waals surface area contributed by atoms with E-state index in [9.17, 15) is 18.4 Å². The minimum Gasteiger partial charge on any atom is -0.491 e. The molecule has 2 atom stereocenters. The van der Waals surface area contributed by atoms with Gasteiger partial charge in [-0.15, -0.1) is 0 Å². The van der Waals surface area contributed by atoms with Crippen LogP contribution in [0.15, 0.2) is 36.4 Å². The van der Waals surface area contributed by atoms with Gasteiger partial charge < -0.3 is 20.7 Å². The van der Waals surface area contributed by atoms with Crippen molar-refractivity contribution in [3.8, 4) is 5.75 Å². The Morgan fingerprint density at radius 1 is 1.18 bits per heavy atom. The van der Waals surface area contributed by atoms with Crippen molar-refractivity contribution in [3.05, 3.63) is 63.6 Å². The van der Waals surface area contributed by atoms with Gasteiger partial charge in [0.05, 0.1) is 16.1 Å². The second-order valence-electron chi connectivity index (χ2n) is 6.03. The third-order valence-electron chi connectivity index (χ3n) is 4.06. The lowest BCUT2D eigenvalue weighted by molar-refractivity contribution is -0.123. The molecule has 1 saturated heterocycles. The van der Waals surface area contributed by atoms with Crippen molar-refractivity contribution in [2.75, 3.05) is 13.2 Å². The lowest BCUT2D eigenvalue weighted by atomic mass is 10.1. The summed E-state index contributed by atoms with van der Waals surface area (Å²) >= 11 is 11.6. The second kappa shape index (κ2) is 8.62. The van der Waals surface area contributed by atoms with Gasteiger partial charge in [-0.1, -0.05) is 29.3 Å². The molecule has 1 aliphatic rings. The number of hydrogen-bond donors (Lipinski definition) is 3. The minimum absolute atomic E-state index is 0.0657. The molecule has 2 aromatic carbocycles. The molecule has 0 unspecified atom stereocenters. The molecule has 28 heavy (non-hydrogen) atoms. The lowest BCUT2D eigenvalue weighted by Gasteiger charge is -2.22. The number of hydrogen-bond acceptors (Lipinski definition) is 3. The highest BCUT2D eigenvalue weighted by Gasteiger charge is 2.29. The first kappa shape index (κ1) is 20.2. The first-order valence-electron chi connectivity index (χ1n) is 8.21. The fourth-order valence-electron chi connectivity index (χ4n) is 2.58. The van der Waals surface area contributed by atoms with Gasteiger partial charge in [0, 0.05) is 12.6 Å². The molecule has 0 aliphatic carbocycles. The number of carbonyl (C=O) groups excluding carboxylic acids is 2. The quantitative estimate of drug-likeness (QED) is 0.659. The van der Waals surface area contributed by atoms with Crippen LogP contribution in [0.2, 0.25) is 10.0 Å². The highest BCUT2D eigenvalue weighted by Crippen LogP contribution is 2.25. The number of nitrogens with one attached hydrogen (secondary N) is 3. The topological polar surface area (TPSA) is 79.5 Å². The Hall–Kier alpha value is -2.58. The van der Waals surface area contributed by atoms with Crippen molar-refractivity contribution < 1.29 is 23.1 Å². The molecule has 1 heterocycles. The molecule has 3 rings (SSSR count). The van der Waals surface area contributed by atoms with Gasteiger partial charge in [-0.25, -0.2) is 13.6 Å². The molecule has 10 heteroatoms. The van der Waals surface area contributed by atoms with Crippen LogP contribution in [-0.2, 0) is 4.79 Å². The van der Waals surface area contributed by atoms with Crippen molar-refractivity contribution in [1.29, 1.82) is 0 Å². The van der Waals surface area contributed by atoms with Crippen LogP contribution >= 0.6 is 23.2 Å². The van der Waals surface area contributed by atoms with E-state index in [2.05, 4.69) is 16.0 Å². The first-order chi connectivity index (χ1) is 13.3. The van der Waals surface area contributed by atoms with E-state index in [0.717, 1.165) is 6.07 Å². The average molecular weight is 430 g/mol. The number of urea groups is 1. The van der Waals surface area contributed by atoms with Crippen molar-refractivity contribution in [3.63, 3.8) is 0 Å². The van der Waals surface area contributed by atoms with Crippen molar-refractivity contribution in [2.24, 2.45) is 0 Å². The van der Waals surface area contributed by atoms with Gasteiger partial charge in [0.15, 0.2) is 0 Å². The van der Waals surface area contributed by atoms with E-state index in [1.807, 2.05) is 0 Å². The average Bonchev–Trinajstić information content (AvgIpc) is 3.10. The highest BCUT2D eigenvalue weighted by molar-refractivity contribution is 6.31. The molecular formula is C18H15Cl2F2N3O3. The van der Waals surface area contributed by atoms with Crippen molar-refractivity contribution in [1.82, 2.24) is 16.0 Å². The first-order valence-corrected chi connectivity index (χ1v) is 8.96. The molecule has 3 amide bonds. The van der Waals surface area contributed by atoms with E-state index in [1.54, 1.807) is 0 Å². The Balaban J connectivity index is 1.76. The summed E-state index contributed by atoms with van der Waals surface area (Å²) in [7, 11) is 0. The molecule has 2 aromatic rings. The van der Waals surface area contributed by atoms with E-state index < -0.39 is 35.7 Å². The maximum Gasteiger partial charge on any atom is 0.315 e. The second-order valence-corrected chi connectivity index (χ2v) is 6.84. The third kappa shape index (κ3) is 4.82. The molecule has 0 spiro atoms. The number of carbonyl (C=O) groups is 2. The van der Waals surface area contributed by atoms with Gasteiger partial charge in [-0.2, -0.15) is 0 Å². The Labute approximate surface area is 169 Å². The fraction of sp³-hybridized carbons (Fsp3) is 0.222. The summed E-state index contributed by atoms with van der Waals surface area (Å²) in [5, 5.41) is 7.47. The van der Waals surface area contributed by atoms with Crippen molar-refractivity contribution in [2.45, 2.75) is 12.1 Å². The number of rotatable bonds is 6. The maximum absolute atomic E-state index is 13.5. The summed E-state index contributed by atoms with van der Waals surface area (Å²) in [6, 6.07) is 5.92. The number of benzene rings is 2. The summed E-state index contributed by atoms with van der Waals surface area (Å²) in [6.45, 7) is 0.0692. The summed E-state index contributed by atoms with van der Waals surface area (Å²) < 4.78 is 32.4. The molecular weight excluding hydrogens is 415 g/mol. The monoisotopic (exact) mass is 429 g/mol. The zero-order chi connectivity index (χ0) is 20.3. The Morgan fingerprint density at radius 3 is 2.46 bits per heavy atom. The van der Waals surface area contributed by atoms with E-state index in [-0.39, 0.29) is 28.9 Å². The summed E-state index contributed by atoms with van der Waals surface area (Å²) in [5.74, 6) is -1.36. The standard InChI is InChI=1S/C18H15Cl2F2N3O3/c19-11-5-9(1-3-13(11)21)16(24-17(26)15-7-23-18(27)25-15)8-28-10-2-4-14(22)12(20)6-10/h1-6,15-16H,7-8H2,(H,24,26)(H2,23,25,27)/t15-,16+/m0/s1. The molecule has 148 valence electrons. The molecule has 1 aliphatic heterocycles. The zero-order valence-electron chi connectivity index (χ0n) is 14.3. The highest BCUT2D eigenvalue weighted by atomic mass is 35.5. The van der Waals surface area contributed by atoms with Crippen LogP contribution in [0.5, 0.6) is 5.75 Å². The predicted molar refractivity (Wildman–Crippen MR) is 99.5 cm³/mol. The van der Waals surface area contributed by atoms with E-state index in [4.69, 9.17) is 27.9 Å². The maximum atomic E-state index is 13.5. The van der Waals surface area contributed by atoms with Crippen LogP contribution in [0.1, 0.15) is 11.6 Å². The van der Waals surface area contributed by atoms with Gasteiger partial charge in [0.25, 0.3) is 0 Å². The van der Waals surface area contributed by atoms with Gasteiger partial charge in [-0.05, 0) is 29.8 Å². The number of halogens is 4. The van der Waals surface area contributed by atoms with Crippen LogP contribution in [-0.4, -0.2) is 31.1 Å². The van der Waals surface area contributed by atoms with Crippen LogP contribution in [0, 0.1) is 11.6 Å². The molecule has 0 saturated carbocycles. The van der Waals surface area contributed by atoms with Gasteiger partial charge in [0.2, 0.25) is 5.91 Å². The molecule has 0 radical (unpaired) electrons. The molecule has 1 fully saturated rings. The minimum atomic E-state index is -0.758. The molecule has 6 nitrogen and oxygen atoms in total. The molecule has 0 bridgehead atoms. The van der Waals surface area contributed by atoms with Gasteiger partial charge in [-0.3, -0.25) is 4.79 Å². The van der Waals surface area contributed by atoms with Crippen molar-refractivity contribution >= 4 is 35.1 Å². The van der Waals surface area contributed by atoms with Gasteiger partial charge >= 0.3 is 6.03 Å². The number of ether oxygens (including phenoxy) is 1. The van der Waals surface area contributed by atoms with Crippen LogP contribution in [0.25, 0.3) is 0 Å². The molecule has 0 aromatic heterocycles. The van der Waals surface area contributed by atoms with Gasteiger partial charge in [0.1, 0.15) is 30.0 Å². The fourth-order valence-corrected chi connectivity index (χ4v) is 2.94. The van der Waals surface area contributed by atoms with Crippen LogP contribution < -0.4 is 20.7 Å². The van der Waals surface area contributed by atoms with E-state index >= 15 is 0 Å². The molecule has 3 N–H and O–H groups in total. The van der Waals surface area contributed by atoms with E-state index in [1.165, 1.54) is 30.3 Å². The predicted octanol–water partition coefficient (Wildman–Crippen LogP) is 3.19. The Kier molecular flexibility index (Phi) is 6.21. The smallest absolute Gasteiger partial charge is 0.315 e. The number of amides is 3. The van der Waals surface area contributed by atoms with Crippen LogP contribution in [0.3, 0.4) is 0 Å². The van der Waals surface area contributed by atoms with Crippen LogP contribution in [0.4, 0.5) is 13.6 Å². The largest absolute Gasteiger partial charge is 0.491 e. The normalized spacial score (nSPS) is 16.9.